The van der Waals surface area contributed by atoms with Crippen molar-refractivity contribution in [1.82, 2.24) is 4.90 Å². The van der Waals surface area contributed by atoms with Crippen LogP contribution in [0.2, 0.25) is 0 Å². The Bertz CT molecular complexity index is 704. The minimum atomic E-state index is -4.76. The lowest BCUT2D eigenvalue weighted by atomic mass is 10.0. The molecule has 1 aromatic carbocycles. The first-order valence-electron chi connectivity index (χ1n) is 7.62. The summed E-state index contributed by atoms with van der Waals surface area (Å²) in [5.74, 6) is -0.637. The first-order chi connectivity index (χ1) is 11.1. The summed E-state index contributed by atoms with van der Waals surface area (Å²) in [6.07, 6.45) is -4.68. The molecular formula is C16H17F3N2O3. The van der Waals surface area contributed by atoms with Crippen LogP contribution in [-0.4, -0.2) is 53.2 Å². The summed E-state index contributed by atoms with van der Waals surface area (Å²) in [5, 5.41) is 9.68. The summed E-state index contributed by atoms with van der Waals surface area (Å²) < 4.78 is 38.6. The number of fused-ring (bicyclic) bond motifs is 1. The van der Waals surface area contributed by atoms with E-state index in [9.17, 15) is 27.9 Å². The van der Waals surface area contributed by atoms with E-state index in [0.717, 1.165) is 16.2 Å². The largest absolute Gasteiger partial charge is 0.419 e. The Kier molecular flexibility index (Phi) is 3.82. The van der Waals surface area contributed by atoms with E-state index in [0.29, 0.717) is 13.0 Å². The number of alkyl halides is 3. The van der Waals surface area contributed by atoms with Gasteiger partial charge in [0.1, 0.15) is 0 Å². The number of likely N-dealkylation sites (tertiary alicyclic amines) is 1. The summed E-state index contributed by atoms with van der Waals surface area (Å²) in [5.41, 5.74) is -1.02. The molecule has 0 aliphatic carbocycles. The number of halogens is 3. The Labute approximate surface area is 136 Å². The lowest BCUT2D eigenvalue weighted by Gasteiger charge is -2.26. The summed E-state index contributed by atoms with van der Waals surface area (Å²) in [4.78, 5) is 26.6. The van der Waals surface area contributed by atoms with Crippen molar-refractivity contribution in [2.75, 3.05) is 24.5 Å². The molecule has 0 bridgehead atoms. The SMILES string of the molecule is CC(=O)N1CCc2cc(C(=O)N3CC[C@](O)(C(F)(F)F)C3)ccc21. The van der Waals surface area contributed by atoms with Crippen molar-refractivity contribution in [2.45, 2.75) is 31.5 Å². The maximum Gasteiger partial charge on any atom is 0.419 e. The van der Waals surface area contributed by atoms with Crippen LogP contribution in [-0.2, 0) is 11.2 Å². The second kappa shape index (κ2) is 5.47. The van der Waals surface area contributed by atoms with Crippen LogP contribution < -0.4 is 4.90 Å². The molecule has 0 aromatic heterocycles. The van der Waals surface area contributed by atoms with Gasteiger partial charge in [-0.3, -0.25) is 9.59 Å². The Balaban J connectivity index is 1.79. The molecule has 1 fully saturated rings. The van der Waals surface area contributed by atoms with Crippen LogP contribution in [0.25, 0.3) is 0 Å². The minimum absolute atomic E-state index is 0.0948. The van der Waals surface area contributed by atoms with Gasteiger partial charge in [-0.2, -0.15) is 13.2 Å². The fraction of sp³-hybridized carbons (Fsp3) is 0.500. The third-order valence-corrected chi connectivity index (χ3v) is 4.66. The number of anilines is 1. The molecule has 130 valence electrons. The van der Waals surface area contributed by atoms with E-state index in [4.69, 9.17) is 0 Å². The Morgan fingerprint density at radius 3 is 2.54 bits per heavy atom. The quantitative estimate of drug-likeness (QED) is 0.846. The number of benzene rings is 1. The van der Waals surface area contributed by atoms with E-state index >= 15 is 0 Å². The molecule has 1 saturated heterocycles. The Hall–Kier alpha value is -2.09. The van der Waals surface area contributed by atoms with E-state index < -0.39 is 30.7 Å². The number of carbonyl (C=O) groups excluding carboxylic acids is 2. The predicted octanol–water partition coefficient (Wildman–Crippen LogP) is 1.73. The van der Waals surface area contributed by atoms with Crippen molar-refractivity contribution in [3.8, 4) is 0 Å². The average Bonchev–Trinajstić information content (AvgIpc) is 3.09. The van der Waals surface area contributed by atoms with Crippen LogP contribution in [0.5, 0.6) is 0 Å². The van der Waals surface area contributed by atoms with Crippen molar-refractivity contribution in [2.24, 2.45) is 0 Å². The van der Waals surface area contributed by atoms with Crippen LogP contribution in [0.1, 0.15) is 29.3 Å². The molecule has 2 heterocycles. The first-order valence-corrected chi connectivity index (χ1v) is 7.62. The smallest absolute Gasteiger partial charge is 0.379 e. The zero-order valence-electron chi connectivity index (χ0n) is 13.1. The van der Waals surface area contributed by atoms with Crippen molar-refractivity contribution in [3.63, 3.8) is 0 Å². The van der Waals surface area contributed by atoms with Gasteiger partial charge in [-0.05, 0) is 30.2 Å². The number of hydrogen-bond donors (Lipinski definition) is 1. The zero-order valence-corrected chi connectivity index (χ0v) is 13.1. The predicted molar refractivity (Wildman–Crippen MR) is 79.7 cm³/mol. The molecule has 2 aliphatic rings. The van der Waals surface area contributed by atoms with Gasteiger partial charge in [0.2, 0.25) is 5.91 Å². The van der Waals surface area contributed by atoms with Crippen molar-refractivity contribution >= 4 is 17.5 Å². The van der Waals surface area contributed by atoms with Gasteiger partial charge in [-0.15, -0.1) is 0 Å². The van der Waals surface area contributed by atoms with Crippen LogP contribution in [0.4, 0.5) is 18.9 Å². The normalized spacial score (nSPS) is 23.5. The lowest BCUT2D eigenvalue weighted by molar-refractivity contribution is -0.253. The molecular weight excluding hydrogens is 325 g/mol. The molecule has 0 radical (unpaired) electrons. The zero-order chi connectivity index (χ0) is 17.7. The highest BCUT2D eigenvalue weighted by atomic mass is 19.4. The molecule has 5 nitrogen and oxygen atoms in total. The van der Waals surface area contributed by atoms with E-state index in [1.165, 1.54) is 13.0 Å². The second-order valence-corrected chi connectivity index (χ2v) is 6.27. The number of aliphatic hydroxyl groups is 1. The molecule has 24 heavy (non-hydrogen) atoms. The average molecular weight is 342 g/mol. The summed E-state index contributed by atoms with van der Waals surface area (Å²) in [6, 6.07) is 4.77. The lowest BCUT2D eigenvalue weighted by Crippen LogP contribution is -2.48. The maximum absolute atomic E-state index is 12.9. The van der Waals surface area contributed by atoms with Gasteiger partial charge >= 0.3 is 6.18 Å². The Morgan fingerprint density at radius 2 is 1.96 bits per heavy atom. The summed E-state index contributed by atoms with van der Waals surface area (Å²) in [7, 11) is 0. The summed E-state index contributed by atoms with van der Waals surface area (Å²) in [6.45, 7) is 1.08. The van der Waals surface area contributed by atoms with E-state index in [2.05, 4.69) is 0 Å². The highest BCUT2D eigenvalue weighted by Gasteiger charge is 2.57. The Morgan fingerprint density at radius 1 is 1.25 bits per heavy atom. The van der Waals surface area contributed by atoms with Gasteiger partial charge in [0, 0.05) is 37.7 Å². The molecule has 2 amide bonds. The maximum atomic E-state index is 12.9. The second-order valence-electron chi connectivity index (χ2n) is 6.27. The highest BCUT2D eigenvalue weighted by Crippen LogP contribution is 2.38. The van der Waals surface area contributed by atoms with Crippen LogP contribution >= 0.6 is 0 Å². The standard InChI is InChI=1S/C16H17F3N2O3/c1-10(22)21-6-4-11-8-12(2-3-13(11)21)14(23)20-7-5-15(24,9-20)16(17,18)19/h2-3,8,24H,4-7,9H2,1H3/t15-/m1/s1. The topological polar surface area (TPSA) is 60.9 Å². The van der Waals surface area contributed by atoms with Crippen LogP contribution in [0.15, 0.2) is 18.2 Å². The number of amides is 2. The fourth-order valence-corrected chi connectivity index (χ4v) is 3.24. The van der Waals surface area contributed by atoms with Gasteiger partial charge in [0.25, 0.3) is 5.91 Å². The van der Waals surface area contributed by atoms with Crippen molar-refractivity contribution in [1.29, 1.82) is 0 Å². The van der Waals surface area contributed by atoms with E-state index in [-0.39, 0.29) is 18.0 Å². The van der Waals surface area contributed by atoms with Crippen molar-refractivity contribution < 1.29 is 27.9 Å². The molecule has 8 heteroatoms. The number of hydrogen-bond acceptors (Lipinski definition) is 3. The third-order valence-electron chi connectivity index (χ3n) is 4.66. The monoisotopic (exact) mass is 342 g/mol. The molecule has 0 unspecified atom stereocenters. The first kappa shape index (κ1) is 16.8. The van der Waals surface area contributed by atoms with Gasteiger partial charge in [0.05, 0.1) is 6.54 Å². The molecule has 0 saturated carbocycles. The molecule has 1 atom stereocenters. The van der Waals surface area contributed by atoms with Crippen molar-refractivity contribution in [3.05, 3.63) is 29.3 Å². The number of carbonyl (C=O) groups is 2. The van der Waals surface area contributed by atoms with Gasteiger partial charge in [-0.1, -0.05) is 0 Å². The summed E-state index contributed by atoms with van der Waals surface area (Å²) >= 11 is 0. The van der Waals surface area contributed by atoms with Crippen LogP contribution in [0.3, 0.4) is 0 Å². The highest BCUT2D eigenvalue weighted by molar-refractivity contribution is 5.98. The third kappa shape index (κ3) is 2.64. The molecule has 1 N–H and O–H groups in total. The minimum Gasteiger partial charge on any atom is -0.379 e. The van der Waals surface area contributed by atoms with Gasteiger partial charge in [0.15, 0.2) is 5.60 Å². The molecule has 2 aliphatic heterocycles. The van der Waals surface area contributed by atoms with Gasteiger partial charge < -0.3 is 14.9 Å². The molecule has 0 spiro atoms. The molecule has 1 aromatic rings. The van der Waals surface area contributed by atoms with E-state index in [1.54, 1.807) is 17.0 Å². The van der Waals surface area contributed by atoms with Crippen LogP contribution in [0, 0.1) is 0 Å². The molecule has 3 rings (SSSR count). The number of nitrogens with zero attached hydrogens (tertiary/aromatic N) is 2. The fourth-order valence-electron chi connectivity index (χ4n) is 3.24. The number of β-amino-alcohol motifs (C(OH)–C–C–N with tert-alkyl or cyclic N) is 1. The van der Waals surface area contributed by atoms with Gasteiger partial charge in [-0.25, -0.2) is 0 Å². The number of rotatable bonds is 1. The van der Waals surface area contributed by atoms with E-state index in [1.807, 2.05) is 0 Å².